The third-order valence-corrected chi connectivity index (χ3v) is 5.36. The fraction of sp³-hybridized carbons (Fsp3) is 0.389. The minimum atomic E-state index is 0.634. The van der Waals surface area contributed by atoms with Gasteiger partial charge in [-0.25, -0.2) is 15.0 Å². The Balaban J connectivity index is 1.52. The average Bonchev–Trinajstić information content (AvgIpc) is 3.05. The quantitative estimate of drug-likeness (QED) is 0.758. The molecule has 0 radical (unpaired) electrons. The number of thiazole rings is 1. The van der Waals surface area contributed by atoms with Gasteiger partial charge in [-0.2, -0.15) is 0 Å². The predicted octanol–water partition coefficient (Wildman–Crippen LogP) is 2.34. The van der Waals surface area contributed by atoms with Crippen LogP contribution in [0.5, 0.6) is 0 Å². The van der Waals surface area contributed by atoms with Gasteiger partial charge in [-0.3, -0.25) is 9.97 Å². The Morgan fingerprint density at radius 3 is 2.88 bits per heavy atom. The van der Waals surface area contributed by atoms with Crippen LogP contribution in [0, 0.1) is 6.92 Å². The van der Waals surface area contributed by atoms with Crippen LogP contribution >= 0.6 is 11.3 Å². The minimum absolute atomic E-state index is 0.634. The molecule has 4 rings (SSSR count). The smallest absolute Gasteiger partial charge is 0.143 e. The van der Waals surface area contributed by atoms with Crippen LogP contribution in [0.25, 0.3) is 10.7 Å². The second-order valence-corrected chi connectivity index (χ2v) is 7.29. The Bertz CT molecular complexity index is 894. The van der Waals surface area contributed by atoms with Crippen molar-refractivity contribution >= 4 is 17.2 Å². The van der Waals surface area contributed by atoms with Gasteiger partial charge in [-0.05, 0) is 20.4 Å². The van der Waals surface area contributed by atoms with Crippen molar-refractivity contribution in [3.63, 3.8) is 0 Å². The largest absolute Gasteiger partial charge is 0.364 e. The molecule has 1 N–H and O–H groups in total. The molecule has 0 unspecified atom stereocenters. The van der Waals surface area contributed by atoms with Crippen LogP contribution in [0.4, 0.5) is 5.82 Å². The fourth-order valence-corrected chi connectivity index (χ4v) is 3.85. The highest BCUT2D eigenvalue weighted by molar-refractivity contribution is 7.13. The second-order valence-electron chi connectivity index (χ2n) is 6.44. The van der Waals surface area contributed by atoms with Crippen LogP contribution in [0.1, 0.15) is 22.8 Å². The van der Waals surface area contributed by atoms with E-state index in [9.17, 15) is 0 Å². The van der Waals surface area contributed by atoms with Gasteiger partial charge in [-0.1, -0.05) is 0 Å². The average molecular weight is 367 g/mol. The molecule has 7 nitrogen and oxygen atoms in total. The van der Waals surface area contributed by atoms with Crippen molar-refractivity contribution in [1.29, 1.82) is 0 Å². The molecule has 0 aromatic carbocycles. The van der Waals surface area contributed by atoms with E-state index < -0.39 is 0 Å². The zero-order valence-corrected chi connectivity index (χ0v) is 15.8. The van der Waals surface area contributed by atoms with Gasteiger partial charge in [0.25, 0.3) is 0 Å². The van der Waals surface area contributed by atoms with E-state index in [0.717, 1.165) is 54.0 Å². The van der Waals surface area contributed by atoms with Gasteiger partial charge in [0.2, 0.25) is 0 Å². The molecule has 134 valence electrons. The highest BCUT2D eigenvalue weighted by atomic mass is 32.1. The number of nitrogens with one attached hydrogen (secondary N) is 1. The first-order valence-corrected chi connectivity index (χ1v) is 9.56. The first-order chi connectivity index (χ1) is 12.7. The maximum absolute atomic E-state index is 4.66. The molecule has 0 aliphatic carbocycles. The Hall–Kier alpha value is -2.45. The molecule has 26 heavy (non-hydrogen) atoms. The Morgan fingerprint density at radius 2 is 2.04 bits per heavy atom. The summed E-state index contributed by atoms with van der Waals surface area (Å²) in [5.41, 5.74) is 4.19. The summed E-state index contributed by atoms with van der Waals surface area (Å²) >= 11 is 1.58. The molecule has 0 saturated heterocycles. The number of rotatable bonds is 4. The van der Waals surface area contributed by atoms with E-state index >= 15 is 0 Å². The Labute approximate surface area is 156 Å². The van der Waals surface area contributed by atoms with Crippen molar-refractivity contribution in [1.82, 2.24) is 29.8 Å². The fourth-order valence-electron chi connectivity index (χ4n) is 3.07. The van der Waals surface area contributed by atoms with Gasteiger partial charge >= 0.3 is 0 Å². The molecular weight excluding hydrogens is 346 g/mol. The van der Waals surface area contributed by atoms with Crippen molar-refractivity contribution in [3.8, 4) is 10.7 Å². The molecule has 0 amide bonds. The first-order valence-electron chi connectivity index (χ1n) is 8.68. The maximum atomic E-state index is 4.66. The number of nitrogens with zero attached hydrogens (tertiary/aromatic N) is 6. The molecule has 4 heterocycles. The summed E-state index contributed by atoms with van der Waals surface area (Å²) in [5, 5.41) is 6.41. The molecule has 1 aliphatic heterocycles. The van der Waals surface area contributed by atoms with Crippen molar-refractivity contribution in [2.24, 2.45) is 0 Å². The van der Waals surface area contributed by atoms with Gasteiger partial charge in [0.15, 0.2) is 0 Å². The Morgan fingerprint density at radius 1 is 1.15 bits per heavy atom. The van der Waals surface area contributed by atoms with Crippen molar-refractivity contribution in [3.05, 3.63) is 46.7 Å². The van der Waals surface area contributed by atoms with Gasteiger partial charge in [0, 0.05) is 42.8 Å². The molecule has 0 spiro atoms. The first kappa shape index (κ1) is 17.0. The molecule has 1 aliphatic rings. The normalized spacial score (nSPS) is 14.7. The number of aromatic nitrogens is 5. The molecule has 8 heteroatoms. The minimum Gasteiger partial charge on any atom is -0.364 e. The summed E-state index contributed by atoms with van der Waals surface area (Å²) in [4.78, 5) is 24.7. The number of likely N-dealkylation sites (N-methyl/N-ethyl adjacent to an activating group) is 1. The third-order valence-electron chi connectivity index (χ3n) is 4.45. The van der Waals surface area contributed by atoms with E-state index in [1.54, 1.807) is 29.9 Å². The highest BCUT2D eigenvalue weighted by Crippen LogP contribution is 2.24. The number of fused-ring (bicyclic) bond motifs is 1. The van der Waals surface area contributed by atoms with E-state index in [-0.39, 0.29) is 0 Å². The molecule has 3 aromatic rings. The van der Waals surface area contributed by atoms with E-state index in [1.165, 1.54) is 11.3 Å². The zero-order valence-electron chi connectivity index (χ0n) is 14.9. The lowest BCUT2D eigenvalue weighted by Gasteiger charge is -2.13. The van der Waals surface area contributed by atoms with Crippen molar-refractivity contribution in [2.75, 3.05) is 25.5 Å². The zero-order chi connectivity index (χ0) is 17.9. The van der Waals surface area contributed by atoms with E-state index in [1.807, 2.05) is 6.92 Å². The number of anilines is 1. The van der Waals surface area contributed by atoms with Crippen LogP contribution in [0.3, 0.4) is 0 Å². The summed E-state index contributed by atoms with van der Waals surface area (Å²) in [6.45, 7) is 4.66. The summed E-state index contributed by atoms with van der Waals surface area (Å²) in [6.07, 6.45) is 7.03. The molecule has 0 bridgehead atoms. The van der Waals surface area contributed by atoms with E-state index in [4.69, 9.17) is 0 Å². The van der Waals surface area contributed by atoms with Crippen molar-refractivity contribution < 1.29 is 0 Å². The molecule has 0 saturated carbocycles. The van der Waals surface area contributed by atoms with Gasteiger partial charge in [0.05, 0.1) is 24.1 Å². The maximum Gasteiger partial charge on any atom is 0.143 e. The highest BCUT2D eigenvalue weighted by Gasteiger charge is 2.18. The van der Waals surface area contributed by atoms with Crippen LogP contribution in [-0.4, -0.2) is 50.0 Å². The Kier molecular flexibility index (Phi) is 4.85. The monoisotopic (exact) mass is 367 g/mol. The molecular formula is C18H21N7S. The number of hydrogen-bond donors (Lipinski definition) is 1. The summed E-state index contributed by atoms with van der Waals surface area (Å²) in [7, 11) is 2.16. The van der Waals surface area contributed by atoms with Gasteiger partial charge in [0.1, 0.15) is 22.3 Å². The number of hydrogen-bond acceptors (Lipinski definition) is 8. The lowest BCUT2D eigenvalue weighted by Crippen LogP contribution is -2.20. The molecule has 0 atom stereocenters. The summed E-state index contributed by atoms with van der Waals surface area (Å²) < 4.78 is 0. The topological polar surface area (TPSA) is 79.7 Å². The standard InChI is InChI=1S/C18H21N7S/c1-12-22-15-4-8-25(2)7-3-14(15)17(23-12)21-9-13-11-26-18(24-13)16-10-19-5-6-20-16/h5-6,10-11H,3-4,7-9H2,1-2H3,(H,21,22,23). The lowest BCUT2D eigenvalue weighted by atomic mass is 10.1. The van der Waals surface area contributed by atoms with Crippen LogP contribution in [0.2, 0.25) is 0 Å². The molecule has 0 fully saturated rings. The van der Waals surface area contributed by atoms with Crippen LogP contribution in [-0.2, 0) is 19.4 Å². The lowest BCUT2D eigenvalue weighted by molar-refractivity contribution is 0.352. The van der Waals surface area contributed by atoms with Crippen LogP contribution in [0.15, 0.2) is 24.0 Å². The SMILES string of the molecule is Cc1nc2c(c(NCc3csc(-c4cnccn4)n3)n1)CCN(C)CC2. The predicted molar refractivity (Wildman–Crippen MR) is 102 cm³/mol. The summed E-state index contributed by atoms with van der Waals surface area (Å²) in [5.74, 6) is 1.76. The third kappa shape index (κ3) is 3.71. The second kappa shape index (κ2) is 7.43. The van der Waals surface area contributed by atoms with Crippen molar-refractivity contribution in [2.45, 2.75) is 26.3 Å². The van der Waals surface area contributed by atoms with E-state index in [0.29, 0.717) is 6.54 Å². The van der Waals surface area contributed by atoms with Crippen LogP contribution < -0.4 is 5.32 Å². The van der Waals surface area contributed by atoms with Gasteiger partial charge < -0.3 is 10.2 Å². The number of aryl methyl sites for hydroxylation is 1. The van der Waals surface area contributed by atoms with E-state index in [2.05, 4.69) is 47.6 Å². The van der Waals surface area contributed by atoms with Gasteiger partial charge in [-0.15, -0.1) is 11.3 Å². The summed E-state index contributed by atoms with van der Waals surface area (Å²) in [6, 6.07) is 0. The molecule has 3 aromatic heterocycles.